The van der Waals surface area contributed by atoms with Crippen molar-refractivity contribution in [3.63, 3.8) is 0 Å². The standard InChI is InChI=1S/C56H38N4/c1-5-17-39(18-6-1)43-25-13-29-47(33-43)51-37-52(48-30-14-26-44(34-48)40-19-7-2-8-20-40)57-53(38-51)49-31-15-27-45(35-49)46-28-16-32-50(36-46)56-59-54(41-21-9-3-10-22-41)58-55(60-56)42-23-11-4-12-24-42/h1-38H. The van der Waals surface area contributed by atoms with E-state index < -0.39 is 0 Å². The lowest BCUT2D eigenvalue weighted by Gasteiger charge is -2.13. The molecule has 0 spiro atoms. The number of rotatable bonds is 9. The van der Waals surface area contributed by atoms with Gasteiger partial charge < -0.3 is 0 Å². The lowest BCUT2D eigenvalue weighted by atomic mass is 9.95. The van der Waals surface area contributed by atoms with Gasteiger partial charge in [-0.15, -0.1) is 0 Å². The maximum absolute atomic E-state index is 5.36. The Morgan fingerprint density at radius 1 is 0.167 bits per heavy atom. The number of hydrogen-bond donors (Lipinski definition) is 0. The van der Waals surface area contributed by atoms with E-state index in [0.717, 1.165) is 67.0 Å². The van der Waals surface area contributed by atoms with Crippen LogP contribution in [0.15, 0.2) is 231 Å². The van der Waals surface area contributed by atoms with Crippen LogP contribution in [0.1, 0.15) is 0 Å². The maximum Gasteiger partial charge on any atom is 0.164 e. The molecular formula is C56H38N4. The summed E-state index contributed by atoms with van der Waals surface area (Å²) in [5.41, 5.74) is 15.7. The van der Waals surface area contributed by atoms with Gasteiger partial charge in [0.1, 0.15) is 0 Å². The van der Waals surface area contributed by atoms with Gasteiger partial charge in [-0.3, -0.25) is 0 Å². The van der Waals surface area contributed by atoms with Gasteiger partial charge in [0.15, 0.2) is 17.5 Å². The van der Waals surface area contributed by atoms with Crippen LogP contribution in [0.3, 0.4) is 0 Å². The molecule has 0 radical (unpaired) electrons. The van der Waals surface area contributed by atoms with Crippen molar-refractivity contribution in [3.8, 4) is 101 Å². The molecule has 282 valence electrons. The smallest absolute Gasteiger partial charge is 0.164 e. The Morgan fingerprint density at radius 2 is 0.433 bits per heavy atom. The van der Waals surface area contributed by atoms with E-state index in [-0.39, 0.29) is 0 Å². The molecule has 0 aliphatic carbocycles. The average Bonchev–Trinajstić information content (AvgIpc) is 3.35. The summed E-state index contributed by atoms with van der Waals surface area (Å²) in [5, 5.41) is 0. The molecule has 10 aromatic rings. The predicted molar refractivity (Wildman–Crippen MR) is 247 cm³/mol. The molecule has 0 atom stereocenters. The highest BCUT2D eigenvalue weighted by atomic mass is 15.0. The monoisotopic (exact) mass is 766 g/mol. The van der Waals surface area contributed by atoms with Crippen LogP contribution in [0.5, 0.6) is 0 Å². The van der Waals surface area contributed by atoms with Crippen LogP contribution in [0.2, 0.25) is 0 Å². The Labute approximate surface area is 350 Å². The number of pyridine rings is 1. The Bertz CT molecular complexity index is 2910. The maximum atomic E-state index is 5.36. The molecule has 0 N–H and O–H groups in total. The quantitative estimate of drug-likeness (QED) is 0.147. The molecule has 0 saturated heterocycles. The second-order valence-electron chi connectivity index (χ2n) is 14.7. The molecule has 0 fully saturated rings. The van der Waals surface area contributed by atoms with Crippen LogP contribution in [0.4, 0.5) is 0 Å². The SMILES string of the molecule is c1ccc(-c2cccc(-c3cc(-c4cccc(-c5ccccc5)c4)nc(-c4cccc(-c5cccc(-c6nc(-c7ccccc7)nc(-c7ccccc7)n6)c5)c4)c3)c2)cc1. The Kier molecular flexibility index (Phi) is 9.92. The summed E-state index contributed by atoms with van der Waals surface area (Å²) in [6.07, 6.45) is 0. The number of hydrogen-bond acceptors (Lipinski definition) is 4. The molecule has 0 unspecified atom stereocenters. The third-order valence-electron chi connectivity index (χ3n) is 10.7. The molecule has 2 aromatic heterocycles. The van der Waals surface area contributed by atoms with Crippen molar-refractivity contribution in [3.05, 3.63) is 231 Å². The van der Waals surface area contributed by atoms with Crippen molar-refractivity contribution in [2.24, 2.45) is 0 Å². The predicted octanol–water partition coefficient (Wildman–Crippen LogP) is 14.3. The van der Waals surface area contributed by atoms with Gasteiger partial charge in [0, 0.05) is 27.8 Å². The molecule has 2 heterocycles. The van der Waals surface area contributed by atoms with Gasteiger partial charge in [-0.05, 0) is 80.9 Å². The van der Waals surface area contributed by atoms with E-state index in [9.17, 15) is 0 Å². The second-order valence-corrected chi connectivity index (χ2v) is 14.7. The van der Waals surface area contributed by atoms with Gasteiger partial charge in [-0.25, -0.2) is 19.9 Å². The molecular weight excluding hydrogens is 729 g/mol. The van der Waals surface area contributed by atoms with Gasteiger partial charge in [-0.2, -0.15) is 0 Å². The third kappa shape index (κ3) is 7.78. The molecule has 4 nitrogen and oxygen atoms in total. The van der Waals surface area contributed by atoms with E-state index in [1.165, 1.54) is 16.7 Å². The number of aromatic nitrogens is 4. The first-order valence-electron chi connectivity index (χ1n) is 20.1. The second kappa shape index (κ2) is 16.4. The first kappa shape index (κ1) is 36.3. The molecule has 10 rings (SSSR count). The van der Waals surface area contributed by atoms with E-state index in [2.05, 4.69) is 170 Å². The van der Waals surface area contributed by atoms with Crippen LogP contribution in [-0.4, -0.2) is 19.9 Å². The third-order valence-corrected chi connectivity index (χ3v) is 10.7. The Hall–Kier alpha value is -8.08. The van der Waals surface area contributed by atoms with Crippen LogP contribution in [0, 0.1) is 0 Å². The molecule has 8 aromatic carbocycles. The van der Waals surface area contributed by atoms with E-state index in [1.807, 2.05) is 60.7 Å². The lowest BCUT2D eigenvalue weighted by Crippen LogP contribution is -2.00. The van der Waals surface area contributed by atoms with E-state index in [4.69, 9.17) is 19.9 Å². The Morgan fingerprint density at radius 3 is 0.850 bits per heavy atom. The summed E-state index contributed by atoms with van der Waals surface area (Å²) in [6, 6.07) is 80.1. The van der Waals surface area contributed by atoms with Crippen molar-refractivity contribution in [2.45, 2.75) is 0 Å². The topological polar surface area (TPSA) is 51.6 Å². The first-order valence-corrected chi connectivity index (χ1v) is 20.1. The number of nitrogens with zero attached hydrogens (tertiary/aromatic N) is 4. The normalized spacial score (nSPS) is 11.0. The zero-order valence-electron chi connectivity index (χ0n) is 32.7. The summed E-state index contributed by atoms with van der Waals surface area (Å²) in [6.45, 7) is 0. The molecule has 0 aliphatic rings. The van der Waals surface area contributed by atoms with Gasteiger partial charge in [0.05, 0.1) is 11.4 Å². The molecule has 60 heavy (non-hydrogen) atoms. The van der Waals surface area contributed by atoms with Crippen molar-refractivity contribution in [2.75, 3.05) is 0 Å². The van der Waals surface area contributed by atoms with Crippen LogP contribution in [-0.2, 0) is 0 Å². The fourth-order valence-corrected chi connectivity index (χ4v) is 7.62. The summed E-state index contributed by atoms with van der Waals surface area (Å²) < 4.78 is 0. The van der Waals surface area contributed by atoms with Crippen molar-refractivity contribution in [1.82, 2.24) is 19.9 Å². The minimum atomic E-state index is 0.621. The van der Waals surface area contributed by atoms with Crippen LogP contribution in [0.25, 0.3) is 101 Å². The average molecular weight is 767 g/mol. The zero-order chi connectivity index (χ0) is 40.1. The zero-order valence-corrected chi connectivity index (χ0v) is 32.7. The summed E-state index contributed by atoms with van der Waals surface area (Å²) in [7, 11) is 0. The van der Waals surface area contributed by atoms with Gasteiger partial charge >= 0.3 is 0 Å². The van der Waals surface area contributed by atoms with Crippen LogP contribution < -0.4 is 0 Å². The fraction of sp³-hybridized carbons (Fsp3) is 0. The Balaban J connectivity index is 1.07. The van der Waals surface area contributed by atoms with Gasteiger partial charge in [-0.1, -0.05) is 194 Å². The fourth-order valence-electron chi connectivity index (χ4n) is 7.62. The van der Waals surface area contributed by atoms with Crippen molar-refractivity contribution < 1.29 is 0 Å². The van der Waals surface area contributed by atoms with E-state index in [1.54, 1.807) is 0 Å². The lowest BCUT2D eigenvalue weighted by molar-refractivity contribution is 1.07. The number of benzene rings is 8. The summed E-state index contributed by atoms with van der Waals surface area (Å²) >= 11 is 0. The molecule has 0 bridgehead atoms. The van der Waals surface area contributed by atoms with Gasteiger partial charge in [0.25, 0.3) is 0 Å². The largest absolute Gasteiger partial charge is 0.248 e. The van der Waals surface area contributed by atoms with Crippen molar-refractivity contribution in [1.29, 1.82) is 0 Å². The highest BCUT2D eigenvalue weighted by molar-refractivity contribution is 5.82. The summed E-state index contributed by atoms with van der Waals surface area (Å²) in [4.78, 5) is 20.2. The summed E-state index contributed by atoms with van der Waals surface area (Å²) in [5.74, 6) is 1.89. The minimum Gasteiger partial charge on any atom is -0.248 e. The molecule has 4 heteroatoms. The minimum absolute atomic E-state index is 0.621. The molecule has 0 aliphatic heterocycles. The van der Waals surface area contributed by atoms with Crippen molar-refractivity contribution >= 4 is 0 Å². The highest BCUT2D eigenvalue weighted by Gasteiger charge is 2.15. The first-order chi connectivity index (χ1) is 29.7. The van der Waals surface area contributed by atoms with E-state index in [0.29, 0.717) is 17.5 Å². The van der Waals surface area contributed by atoms with Crippen LogP contribution >= 0.6 is 0 Å². The van der Waals surface area contributed by atoms with Gasteiger partial charge in [0.2, 0.25) is 0 Å². The molecule has 0 saturated carbocycles. The van der Waals surface area contributed by atoms with E-state index >= 15 is 0 Å². The molecule has 0 amide bonds. The highest BCUT2D eigenvalue weighted by Crippen LogP contribution is 2.36.